The Morgan fingerprint density at radius 3 is 2.26 bits per heavy atom. The first-order chi connectivity index (χ1) is 9.11. The molecule has 2 aliphatic heterocycles. The summed E-state index contributed by atoms with van der Waals surface area (Å²) in [6, 6.07) is 0.280. The Hall–Kier alpha value is -0.900. The van der Waals surface area contributed by atoms with Crippen molar-refractivity contribution in [1.29, 1.82) is 0 Å². The van der Waals surface area contributed by atoms with E-state index in [1.165, 1.54) is 0 Å². The van der Waals surface area contributed by atoms with Crippen molar-refractivity contribution in [3.8, 4) is 0 Å². The highest BCUT2D eigenvalue weighted by Crippen LogP contribution is 2.42. The summed E-state index contributed by atoms with van der Waals surface area (Å²) in [4.78, 5) is 14.1. The van der Waals surface area contributed by atoms with Gasteiger partial charge in [-0.2, -0.15) is 0 Å². The number of amides is 1. The number of aliphatic hydroxyl groups is 1. The van der Waals surface area contributed by atoms with Crippen LogP contribution >= 0.6 is 0 Å². The number of aliphatic hydroxyl groups excluding tert-OH is 1. The van der Waals surface area contributed by atoms with E-state index in [9.17, 15) is 14.3 Å². The van der Waals surface area contributed by atoms with E-state index in [1.807, 2.05) is 0 Å². The summed E-state index contributed by atoms with van der Waals surface area (Å²) >= 11 is 0. The molecule has 1 aliphatic carbocycles. The lowest BCUT2D eigenvalue weighted by molar-refractivity contribution is -0.134. The van der Waals surface area contributed by atoms with Crippen molar-refractivity contribution in [1.82, 2.24) is 4.90 Å². The molecule has 3 fully saturated rings. The quantitative estimate of drug-likeness (QED) is 0.798. The van der Waals surface area contributed by atoms with Crippen LogP contribution in [0.25, 0.3) is 0 Å². The van der Waals surface area contributed by atoms with Crippen LogP contribution in [-0.2, 0) is 4.79 Å². The van der Waals surface area contributed by atoms with E-state index >= 15 is 0 Å². The summed E-state index contributed by atoms with van der Waals surface area (Å²) in [5.74, 6) is -0.315. The highest BCUT2D eigenvalue weighted by Gasteiger charge is 2.44. The van der Waals surface area contributed by atoms with Gasteiger partial charge in [-0.3, -0.25) is 4.79 Å². The number of fused-ring (bicyclic) bond motifs is 2. The molecular formula is C15H22FNO2. The standard InChI is InChI=1S/C15H22FNO2/c1-9(11-2-3-11)14(16)15(19)17-12-4-5-13(17)7-10(6-12)8-18/h10-13,18H,2-8H2,1H3/b14-9-. The highest BCUT2D eigenvalue weighted by molar-refractivity contribution is 5.92. The van der Waals surface area contributed by atoms with Gasteiger partial charge in [-0.25, -0.2) is 4.39 Å². The minimum Gasteiger partial charge on any atom is -0.396 e. The third-order valence-corrected chi connectivity index (χ3v) is 5.05. The Kier molecular flexibility index (Phi) is 3.37. The smallest absolute Gasteiger partial charge is 0.283 e. The number of piperidine rings is 1. The van der Waals surface area contributed by atoms with Gasteiger partial charge in [-0.05, 0) is 62.9 Å². The molecule has 1 amide bonds. The number of rotatable bonds is 3. The minimum atomic E-state index is -0.512. The average molecular weight is 267 g/mol. The molecule has 2 unspecified atom stereocenters. The van der Waals surface area contributed by atoms with Gasteiger partial charge in [0.05, 0.1) is 0 Å². The van der Waals surface area contributed by atoms with Gasteiger partial charge in [0.1, 0.15) is 0 Å². The van der Waals surface area contributed by atoms with Crippen molar-refractivity contribution in [2.24, 2.45) is 11.8 Å². The normalized spacial score (nSPS) is 35.3. The number of carbonyl (C=O) groups excluding carboxylic acids is 1. The van der Waals surface area contributed by atoms with Gasteiger partial charge < -0.3 is 10.0 Å². The zero-order valence-corrected chi connectivity index (χ0v) is 11.4. The third kappa shape index (κ3) is 2.31. The number of hydrogen-bond donors (Lipinski definition) is 1. The summed E-state index contributed by atoms with van der Waals surface area (Å²) in [5.41, 5.74) is 0.647. The van der Waals surface area contributed by atoms with Gasteiger partial charge in [-0.1, -0.05) is 0 Å². The monoisotopic (exact) mass is 267 g/mol. The molecule has 2 heterocycles. The summed E-state index contributed by atoms with van der Waals surface area (Å²) in [5, 5.41) is 9.27. The maximum Gasteiger partial charge on any atom is 0.283 e. The lowest BCUT2D eigenvalue weighted by Gasteiger charge is -2.38. The molecule has 3 nitrogen and oxygen atoms in total. The van der Waals surface area contributed by atoms with E-state index in [1.54, 1.807) is 11.8 Å². The zero-order valence-electron chi connectivity index (χ0n) is 11.4. The van der Waals surface area contributed by atoms with Gasteiger partial charge in [0.2, 0.25) is 0 Å². The van der Waals surface area contributed by atoms with Crippen molar-refractivity contribution in [3.63, 3.8) is 0 Å². The number of hydrogen-bond acceptors (Lipinski definition) is 2. The zero-order chi connectivity index (χ0) is 13.6. The van der Waals surface area contributed by atoms with E-state index in [-0.39, 0.29) is 24.6 Å². The largest absolute Gasteiger partial charge is 0.396 e. The molecule has 1 saturated carbocycles. The van der Waals surface area contributed by atoms with Gasteiger partial charge in [0.15, 0.2) is 5.83 Å². The maximum absolute atomic E-state index is 14.3. The van der Waals surface area contributed by atoms with Crippen molar-refractivity contribution in [2.75, 3.05) is 6.61 Å². The summed E-state index contributed by atoms with van der Waals surface area (Å²) in [6.45, 7) is 1.95. The maximum atomic E-state index is 14.3. The van der Waals surface area contributed by atoms with Crippen molar-refractivity contribution >= 4 is 5.91 Å². The fraction of sp³-hybridized carbons (Fsp3) is 0.800. The number of carbonyl (C=O) groups is 1. The van der Waals surface area contributed by atoms with Crippen LogP contribution in [0, 0.1) is 11.8 Å². The molecule has 2 atom stereocenters. The van der Waals surface area contributed by atoms with Gasteiger partial charge in [0, 0.05) is 18.7 Å². The van der Waals surface area contributed by atoms with E-state index in [2.05, 4.69) is 0 Å². The Bertz CT molecular complexity index is 402. The molecular weight excluding hydrogens is 245 g/mol. The molecule has 106 valence electrons. The van der Waals surface area contributed by atoms with Crippen LogP contribution in [0.2, 0.25) is 0 Å². The number of nitrogens with zero attached hydrogens (tertiary/aromatic N) is 1. The second-order valence-corrected chi connectivity index (χ2v) is 6.39. The van der Waals surface area contributed by atoms with Crippen molar-refractivity contribution < 1.29 is 14.3 Å². The van der Waals surface area contributed by atoms with Gasteiger partial charge >= 0.3 is 0 Å². The van der Waals surface area contributed by atoms with Crippen molar-refractivity contribution in [2.45, 2.75) is 57.5 Å². The molecule has 0 spiro atoms. The van der Waals surface area contributed by atoms with Crippen LogP contribution in [0.3, 0.4) is 0 Å². The number of halogens is 1. The van der Waals surface area contributed by atoms with Crippen molar-refractivity contribution in [3.05, 3.63) is 11.4 Å². The molecule has 0 aromatic heterocycles. The van der Waals surface area contributed by atoms with E-state index in [4.69, 9.17) is 0 Å². The molecule has 3 aliphatic rings. The lowest BCUT2D eigenvalue weighted by atomic mass is 9.91. The fourth-order valence-electron chi connectivity index (χ4n) is 3.75. The first-order valence-electron chi connectivity index (χ1n) is 7.41. The molecule has 1 N–H and O–H groups in total. The molecule has 19 heavy (non-hydrogen) atoms. The fourth-order valence-corrected chi connectivity index (χ4v) is 3.75. The topological polar surface area (TPSA) is 40.5 Å². The summed E-state index contributed by atoms with van der Waals surface area (Å²) < 4.78 is 14.3. The van der Waals surface area contributed by atoms with Crippen LogP contribution in [-0.4, -0.2) is 34.6 Å². The van der Waals surface area contributed by atoms with Gasteiger partial charge in [-0.15, -0.1) is 0 Å². The Morgan fingerprint density at radius 1 is 1.21 bits per heavy atom. The summed E-state index contributed by atoms with van der Waals surface area (Å²) in [7, 11) is 0. The molecule has 2 saturated heterocycles. The van der Waals surface area contributed by atoms with E-state index < -0.39 is 11.7 Å². The highest BCUT2D eigenvalue weighted by atomic mass is 19.1. The molecule has 0 aromatic rings. The first kappa shape index (κ1) is 13.1. The molecule has 3 rings (SSSR count). The first-order valence-corrected chi connectivity index (χ1v) is 7.41. The van der Waals surface area contributed by atoms with Crippen LogP contribution in [0.5, 0.6) is 0 Å². The van der Waals surface area contributed by atoms with Gasteiger partial charge in [0.25, 0.3) is 5.91 Å². The van der Waals surface area contributed by atoms with Crippen LogP contribution in [0.4, 0.5) is 4.39 Å². The van der Waals surface area contributed by atoms with Crippen LogP contribution < -0.4 is 0 Å². The lowest BCUT2D eigenvalue weighted by Crippen LogP contribution is -2.47. The minimum absolute atomic E-state index is 0.140. The SMILES string of the molecule is C/C(=C(/F)C(=O)N1C2CCC1CC(CO)C2)C1CC1. The summed E-state index contributed by atoms with van der Waals surface area (Å²) in [6.07, 6.45) is 5.62. The van der Waals surface area contributed by atoms with E-state index in [0.717, 1.165) is 38.5 Å². The average Bonchev–Trinajstić information content (AvgIpc) is 3.22. The second-order valence-electron chi connectivity index (χ2n) is 6.39. The molecule has 0 radical (unpaired) electrons. The Balaban J connectivity index is 1.76. The molecule has 4 heteroatoms. The third-order valence-electron chi connectivity index (χ3n) is 5.05. The predicted octanol–water partition coefficient (Wildman–Crippen LogP) is 2.40. The Morgan fingerprint density at radius 2 is 1.79 bits per heavy atom. The Labute approximate surface area is 113 Å². The second kappa shape index (κ2) is 4.89. The molecule has 2 bridgehead atoms. The predicted molar refractivity (Wildman–Crippen MR) is 70.0 cm³/mol. The van der Waals surface area contributed by atoms with Crippen LogP contribution in [0.1, 0.15) is 45.4 Å². The molecule has 0 aromatic carbocycles. The number of allylic oxidation sites excluding steroid dienone is 1. The van der Waals surface area contributed by atoms with Crippen LogP contribution in [0.15, 0.2) is 11.4 Å². The van der Waals surface area contributed by atoms with E-state index in [0.29, 0.717) is 11.5 Å².